The molecule has 2 heterocycles. The van der Waals surface area contributed by atoms with Gasteiger partial charge in [0.1, 0.15) is 0 Å². The molecule has 2 aliphatic heterocycles. The van der Waals surface area contributed by atoms with Crippen LogP contribution in [0, 0.1) is 6.92 Å². The minimum absolute atomic E-state index is 0.154. The smallest absolute Gasteiger partial charge is 0.242 e. The second kappa shape index (κ2) is 7.46. The van der Waals surface area contributed by atoms with Crippen LogP contribution in [0.25, 0.3) is 0 Å². The van der Waals surface area contributed by atoms with Gasteiger partial charge in [0, 0.05) is 36.4 Å². The van der Waals surface area contributed by atoms with E-state index in [1.54, 1.807) is 0 Å². The quantitative estimate of drug-likeness (QED) is 0.912. The highest BCUT2D eigenvalue weighted by Crippen LogP contribution is 2.30. The van der Waals surface area contributed by atoms with Crippen molar-refractivity contribution in [3.05, 3.63) is 23.8 Å². The predicted octanol–water partition coefficient (Wildman–Crippen LogP) is 3.32. The molecule has 0 radical (unpaired) electrons. The third-order valence-electron chi connectivity index (χ3n) is 5.58. The van der Waals surface area contributed by atoms with E-state index in [1.165, 1.54) is 6.42 Å². The summed E-state index contributed by atoms with van der Waals surface area (Å²) >= 11 is 0. The first-order chi connectivity index (χ1) is 12.0. The van der Waals surface area contributed by atoms with Gasteiger partial charge in [-0.2, -0.15) is 0 Å². The topological polar surface area (TPSA) is 52.7 Å². The largest absolute Gasteiger partial charge is 0.376 e. The maximum Gasteiger partial charge on any atom is 0.242 e. The number of anilines is 2. The summed E-state index contributed by atoms with van der Waals surface area (Å²) in [4.78, 5) is 28.6. The Morgan fingerprint density at radius 2 is 1.92 bits per heavy atom. The Kier molecular flexibility index (Phi) is 5.30. The SMILES string of the molecule is Cc1c(NCC(=O)N2[C@H](C)CCC[C@H]2C)cccc1N1CCCC1=O. The molecule has 0 aliphatic carbocycles. The Hall–Kier alpha value is -2.04. The molecule has 2 fully saturated rings. The molecular weight excluding hydrogens is 314 g/mol. The van der Waals surface area contributed by atoms with Gasteiger partial charge in [-0.15, -0.1) is 0 Å². The Balaban J connectivity index is 1.69. The van der Waals surface area contributed by atoms with E-state index >= 15 is 0 Å². The zero-order valence-electron chi connectivity index (χ0n) is 15.5. The zero-order valence-corrected chi connectivity index (χ0v) is 15.5. The van der Waals surface area contributed by atoms with Crippen molar-refractivity contribution in [2.75, 3.05) is 23.3 Å². The summed E-state index contributed by atoms with van der Waals surface area (Å²) in [5.74, 6) is 0.342. The summed E-state index contributed by atoms with van der Waals surface area (Å²) in [6, 6.07) is 6.54. The van der Waals surface area contributed by atoms with Crippen LogP contribution in [0.3, 0.4) is 0 Å². The van der Waals surface area contributed by atoms with Crippen molar-refractivity contribution in [2.24, 2.45) is 0 Å². The van der Waals surface area contributed by atoms with E-state index in [-0.39, 0.29) is 11.8 Å². The minimum atomic E-state index is 0.154. The van der Waals surface area contributed by atoms with Crippen molar-refractivity contribution in [1.29, 1.82) is 0 Å². The van der Waals surface area contributed by atoms with E-state index in [9.17, 15) is 9.59 Å². The van der Waals surface area contributed by atoms with Crippen LogP contribution < -0.4 is 10.2 Å². The van der Waals surface area contributed by atoms with Crippen LogP contribution in [0.2, 0.25) is 0 Å². The van der Waals surface area contributed by atoms with Crippen LogP contribution in [0.1, 0.15) is 51.5 Å². The number of amides is 2. The molecule has 3 rings (SSSR count). The number of benzene rings is 1. The van der Waals surface area contributed by atoms with Gasteiger partial charge in [-0.25, -0.2) is 0 Å². The summed E-state index contributed by atoms with van der Waals surface area (Å²) in [7, 11) is 0. The van der Waals surface area contributed by atoms with Crippen LogP contribution in [0.15, 0.2) is 18.2 Å². The number of piperidine rings is 1. The first-order valence-corrected chi connectivity index (χ1v) is 9.44. The van der Waals surface area contributed by atoms with E-state index < -0.39 is 0 Å². The van der Waals surface area contributed by atoms with Crippen molar-refractivity contribution < 1.29 is 9.59 Å². The predicted molar refractivity (Wildman–Crippen MR) is 101 cm³/mol. The van der Waals surface area contributed by atoms with Gasteiger partial charge in [-0.1, -0.05) is 6.07 Å². The molecule has 1 N–H and O–H groups in total. The maximum absolute atomic E-state index is 12.7. The number of nitrogens with zero attached hydrogens (tertiary/aromatic N) is 2. The van der Waals surface area contributed by atoms with E-state index in [0.717, 1.165) is 42.7 Å². The molecule has 1 aromatic rings. The molecule has 2 amide bonds. The number of hydrogen-bond donors (Lipinski definition) is 1. The molecule has 136 valence electrons. The summed E-state index contributed by atoms with van der Waals surface area (Å²) in [5, 5.41) is 3.30. The van der Waals surface area contributed by atoms with Gasteiger partial charge >= 0.3 is 0 Å². The van der Waals surface area contributed by atoms with Crippen molar-refractivity contribution in [3.63, 3.8) is 0 Å². The van der Waals surface area contributed by atoms with Crippen molar-refractivity contribution in [2.45, 2.75) is 65.0 Å². The Bertz CT molecular complexity index is 648. The lowest BCUT2D eigenvalue weighted by molar-refractivity contribution is -0.135. The standard InChI is InChI=1S/C20H29N3O2/c1-14-7-4-8-15(2)23(14)20(25)13-21-17-9-5-10-18(16(17)3)22-12-6-11-19(22)24/h5,9-10,14-15,21H,4,6-8,11-13H2,1-3H3/t14-,15-/m1/s1. The molecule has 2 saturated heterocycles. The summed E-state index contributed by atoms with van der Waals surface area (Å²) in [6.07, 6.45) is 4.91. The highest BCUT2D eigenvalue weighted by atomic mass is 16.2. The highest BCUT2D eigenvalue weighted by Gasteiger charge is 2.29. The first kappa shape index (κ1) is 17.8. The monoisotopic (exact) mass is 343 g/mol. The van der Waals surface area contributed by atoms with Gasteiger partial charge in [0.05, 0.1) is 6.54 Å². The fraction of sp³-hybridized carbons (Fsp3) is 0.600. The van der Waals surface area contributed by atoms with Crippen LogP contribution in [-0.4, -0.2) is 41.9 Å². The third kappa shape index (κ3) is 3.65. The van der Waals surface area contributed by atoms with Crippen LogP contribution >= 0.6 is 0 Å². The molecule has 0 bridgehead atoms. The van der Waals surface area contributed by atoms with Crippen molar-refractivity contribution >= 4 is 23.2 Å². The van der Waals surface area contributed by atoms with E-state index in [1.807, 2.05) is 34.9 Å². The third-order valence-corrected chi connectivity index (χ3v) is 5.58. The van der Waals surface area contributed by atoms with Gasteiger partial charge in [0.15, 0.2) is 0 Å². The van der Waals surface area contributed by atoms with Crippen LogP contribution in [-0.2, 0) is 9.59 Å². The van der Waals surface area contributed by atoms with Crippen molar-refractivity contribution in [3.8, 4) is 0 Å². The number of nitrogens with one attached hydrogen (secondary N) is 1. The van der Waals surface area contributed by atoms with Crippen LogP contribution in [0.5, 0.6) is 0 Å². The molecule has 1 aromatic carbocycles. The Morgan fingerprint density at radius 1 is 1.20 bits per heavy atom. The molecule has 5 nitrogen and oxygen atoms in total. The number of rotatable bonds is 4. The summed E-state index contributed by atoms with van der Waals surface area (Å²) < 4.78 is 0. The lowest BCUT2D eigenvalue weighted by Gasteiger charge is -2.39. The van der Waals surface area contributed by atoms with Crippen molar-refractivity contribution in [1.82, 2.24) is 4.90 Å². The molecule has 0 saturated carbocycles. The molecule has 0 unspecified atom stereocenters. The molecule has 2 atom stereocenters. The average Bonchev–Trinajstić information content (AvgIpc) is 2.99. The number of hydrogen-bond acceptors (Lipinski definition) is 3. The van der Waals surface area contributed by atoms with Crippen LogP contribution in [0.4, 0.5) is 11.4 Å². The van der Waals surface area contributed by atoms with Gasteiger partial charge in [0.2, 0.25) is 11.8 Å². The molecule has 25 heavy (non-hydrogen) atoms. The fourth-order valence-corrected chi connectivity index (χ4v) is 4.19. The zero-order chi connectivity index (χ0) is 18.0. The van der Waals surface area contributed by atoms with Gasteiger partial charge in [-0.05, 0) is 64.2 Å². The Labute approximate surface area is 150 Å². The van der Waals surface area contributed by atoms with E-state index in [0.29, 0.717) is 25.0 Å². The second-order valence-corrected chi connectivity index (χ2v) is 7.38. The normalized spacial score (nSPS) is 23.9. The molecule has 5 heteroatoms. The minimum Gasteiger partial charge on any atom is -0.376 e. The number of carbonyl (C=O) groups is 2. The molecule has 0 spiro atoms. The summed E-state index contributed by atoms with van der Waals surface area (Å²) in [6.45, 7) is 7.37. The average molecular weight is 343 g/mol. The summed E-state index contributed by atoms with van der Waals surface area (Å²) in [5.41, 5.74) is 2.92. The van der Waals surface area contributed by atoms with Gasteiger partial charge < -0.3 is 15.1 Å². The lowest BCUT2D eigenvalue weighted by Crippen LogP contribution is -2.49. The van der Waals surface area contributed by atoms with Gasteiger partial charge in [-0.3, -0.25) is 9.59 Å². The molecular formula is C20H29N3O2. The first-order valence-electron chi connectivity index (χ1n) is 9.44. The fourth-order valence-electron chi connectivity index (χ4n) is 4.19. The number of likely N-dealkylation sites (tertiary alicyclic amines) is 1. The highest BCUT2D eigenvalue weighted by molar-refractivity contribution is 5.97. The number of carbonyl (C=O) groups excluding carboxylic acids is 2. The van der Waals surface area contributed by atoms with E-state index in [2.05, 4.69) is 19.2 Å². The maximum atomic E-state index is 12.7. The lowest BCUT2D eigenvalue weighted by atomic mass is 9.97. The Morgan fingerprint density at radius 3 is 2.56 bits per heavy atom. The molecule has 2 aliphatic rings. The van der Waals surface area contributed by atoms with Gasteiger partial charge in [0.25, 0.3) is 0 Å². The molecule has 0 aromatic heterocycles. The second-order valence-electron chi connectivity index (χ2n) is 7.38. The van der Waals surface area contributed by atoms with E-state index in [4.69, 9.17) is 0 Å².